The molecule has 1 heterocycles. The highest BCUT2D eigenvalue weighted by Gasteiger charge is 2.15. The van der Waals surface area contributed by atoms with E-state index in [4.69, 9.17) is 11.0 Å². The second kappa shape index (κ2) is 5.62. The number of sulfone groups is 1. The Bertz CT molecular complexity index is 543. The summed E-state index contributed by atoms with van der Waals surface area (Å²) in [7, 11) is -2.98. The molecule has 17 heavy (non-hydrogen) atoms. The van der Waals surface area contributed by atoms with Crippen LogP contribution in [0.4, 0.5) is 10.7 Å². The van der Waals surface area contributed by atoms with Crippen LogP contribution in [0.25, 0.3) is 0 Å². The van der Waals surface area contributed by atoms with Crippen LogP contribution < -0.4 is 11.1 Å². The van der Waals surface area contributed by atoms with Crippen molar-refractivity contribution in [3.8, 4) is 6.07 Å². The fourth-order valence-electron chi connectivity index (χ4n) is 1.18. The van der Waals surface area contributed by atoms with Gasteiger partial charge in [0.1, 0.15) is 25.8 Å². The minimum atomic E-state index is -2.98. The van der Waals surface area contributed by atoms with E-state index in [9.17, 15) is 8.42 Å². The van der Waals surface area contributed by atoms with Gasteiger partial charge in [0.05, 0.1) is 16.3 Å². The molecule has 0 aliphatic heterocycles. The van der Waals surface area contributed by atoms with Gasteiger partial charge in [0, 0.05) is 12.8 Å². The predicted molar refractivity (Wildman–Crippen MR) is 73.4 cm³/mol. The van der Waals surface area contributed by atoms with Gasteiger partial charge in [-0.15, -0.1) is 23.1 Å². The summed E-state index contributed by atoms with van der Waals surface area (Å²) in [5, 5.41) is 12.6. The van der Waals surface area contributed by atoms with Crippen molar-refractivity contribution in [2.24, 2.45) is 0 Å². The fourth-order valence-corrected chi connectivity index (χ4v) is 3.51. The molecule has 0 atom stereocenters. The number of nitrogens with zero attached hydrogens (tertiary/aromatic N) is 1. The van der Waals surface area contributed by atoms with Crippen LogP contribution in [0.15, 0.2) is 4.90 Å². The fraction of sp³-hybridized carbons (Fsp3) is 0.444. The third-order valence-electron chi connectivity index (χ3n) is 1.96. The molecule has 0 unspecified atom stereocenters. The van der Waals surface area contributed by atoms with Crippen molar-refractivity contribution in [3.63, 3.8) is 0 Å². The van der Waals surface area contributed by atoms with Gasteiger partial charge < -0.3 is 11.1 Å². The SMILES string of the molecule is CSc1c(NCCS(C)(=O)=O)sc(C#N)c1N. The summed E-state index contributed by atoms with van der Waals surface area (Å²) >= 11 is 2.69. The molecule has 0 aliphatic rings. The Balaban J connectivity index is 2.82. The zero-order valence-corrected chi connectivity index (χ0v) is 11.9. The van der Waals surface area contributed by atoms with Crippen molar-refractivity contribution in [2.45, 2.75) is 4.90 Å². The van der Waals surface area contributed by atoms with Crippen molar-refractivity contribution in [1.82, 2.24) is 0 Å². The maximum absolute atomic E-state index is 11.0. The van der Waals surface area contributed by atoms with Gasteiger partial charge in [-0.3, -0.25) is 0 Å². The van der Waals surface area contributed by atoms with E-state index in [2.05, 4.69) is 5.32 Å². The molecule has 3 N–H and O–H groups in total. The third kappa shape index (κ3) is 3.80. The van der Waals surface area contributed by atoms with Gasteiger partial charge in [-0.1, -0.05) is 0 Å². The molecule has 0 spiro atoms. The molecule has 0 bridgehead atoms. The van der Waals surface area contributed by atoms with E-state index in [1.165, 1.54) is 29.4 Å². The highest BCUT2D eigenvalue weighted by molar-refractivity contribution is 7.99. The van der Waals surface area contributed by atoms with Crippen LogP contribution in [-0.2, 0) is 9.84 Å². The zero-order chi connectivity index (χ0) is 13.1. The number of hydrogen-bond acceptors (Lipinski definition) is 7. The zero-order valence-electron chi connectivity index (χ0n) is 9.48. The van der Waals surface area contributed by atoms with Crippen molar-refractivity contribution in [2.75, 3.05) is 35.9 Å². The summed E-state index contributed by atoms with van der Waals surface area (Å²) < 4.78 is 22.0. The van der Waals surface area contributed by atoms with E-state index in [0.717, 1.165) is 9.90 Å². The number of nitrogen functional groups attached to an aromatic ring is 1. The van der Waals surface area contributed by atoms with E-state index in [0.29, 0.717) is 17.1 Å². The number of hydrogen-bond donors (Lipinski definition) is 2. The van der Waals surface area contributed by atoms with E-state index >= 15 is 0 Å². The molecule has 0 amide bonds. The normalized spacial score (nSPS) is 11.1. The Hall–Kier alpha value is -0.910. The number of nitrogens with two attached hydrogens (primary N) is 1. The average Bonchev–Trinajstić information content (AvgIpc) is 2.53. The largest absolute Gasteiger partial charge is 0.396 e. The second-order valence-electron chi connectivity index (χ2n) is 3.38. The van der Waals surface area contributed by atoms with Gasteiger partial charge in [-0.05, 0) is 6.26 Å². The summed E-state index contributed by atoms with van der Waals surface area (Å²) in [6, 6.07) is 2.02. The summed E-state index contributed by atoms with van der Waals surface area (Å²) in [4.78, 5) is 1.26. The maximum Gasteiger partial charge on any atom is 0.149 e. The smallest absolute Gasteiger partial charge is 0.149 e. The lowest BCUT2D eigenvalue weighted by Crippen LogP contribution is -2.13. The monoisotopic (exact) mass is 291 g/mol. The first-order valence-electron chi connectivity index (χ1n) is 4.67. The van der Waals surface area contributed by atoms with Gasteiger partial charge in [0.15, 0.2) is 0 Å². The lowest BCUT2D eigenvalue weighted by atomic mass is 10.4. The number of nitrogens with one attached hydrogen (secondary N) is 1. The highest BCUT2D eigenvalue weighted by atomic mass is 32.2. The minimum Gasteiger partial charge on any atom is -0.396 e. The number of anilines is 2. The van der Waals surface area contributed by atoms with Crippen LogP contribution in [0.3, 0.4) is 0 Å². The molecule has 5 nitrogen and oxygen atoms in total. The quantitative estimate of drug-likeness (QED) is 0.796. The van der Waals surface area contributed by atoms with Crippen LogP contribution in [0.2, 0.25) is 0 Å². The highest BCUT2D eigenvalue weighted by Crippen LogP contribution is 2.40. The van der Waals surface area contributed by atoms with Crippen molar-refractivity contribution in [3.05, 3.63) is 4.88 Å². The number of thioether (sulfide) groups is 1. The number of rotatable bonds is 5. The minimum absolute atomic E-state index is 0.0561. The van der Waals surface area contributed by atoms with Crippen LogP contribution in [0.5, 0.6) is 0 Å². The lowest BCUT2D eigenvalue weighted by molar-refractivity contribution is 0.602. The molecule has 94 valence electrons. The van der Waals surface area contributed by atoms with E-state index in [-0.39, 0.29) is 5.75 Å². The molecule has 0 saturated carbocycles. The predicted octanol–water partition coefficient (Wildman–Crippen LogP) is 1.38. The second-order valence-corrected chi connectivity index (χ2v) is 7.47. The first-order valence-corrected chi connectivity index (χ1v) is 8.77. The molecule has 0 saturated heterocycles. The third-order valence-corrected chi connectivity index (χ3v) is 4.94. The molecule has 1 rings (SSSR count). The van der Waals surface area contributed by atoms with Gasteiger partial charge in [0.2, 0.25) is 0 Å². The number of nitriles is 1. The Morgan fingerprint density at radius 1 is 1.59 bits per heavy atom. The number of thiophene rings is 1. The molecular weight excluding hydrogens is 278 g/mol. The lowest BCUT2D eigenvalue weighted by Gasteiger charge is -2.05. The van der Waals surface area contributed by atoms with Gasteiger partial charge in [-0.25, -0.2) is 8.42 Å². The standard InChI is InChI=1S/C9H13N3O2S3/c1-15-8-7(11)6(5-10)16-9(8)12-3-4-17(2,13)14/h12H,3-4,11H2,1-2H3. The van der Waals surface area contributed by atoms with Crippen molar-refractivity contribution in [1.29, 1.82) is 5.26 Å². The molecule has 8 heteroatoms. The molecule has 0 aromatic carbocycles. The molecule has 0 radical (unpaired) electrons. The Labute approximate surface area is 109 Å². The molecule has 1 aromatic heterocycles. The first-order chi connectivity index (χ1) is 7.89. The first kappa shape index (κ1) is 14.2. The Morgan fingerprint density at radius 3 is 2.71 bits per heavy atom. The van der Waals surface area contributed by atoms with Crippen molar-refractivity contribution < 1.29 is 8.42 Å². The summed E-state index contributed by atoms with van der Waals surface area (Å²) in [6.45, 7) is 0.317. The summed E-state index contributed by atoms with van der Waals surface area (Å²) in [5.74, 6) is 0.0561. The topological polar surface area (TPSA) is 96.0 Å². The Morgan fingerprint density at radius 2 is 2.24 bits per heavy atom. The summed E-state index contributed by atoms with van der Waals surface area (Å²) in [5.41, 5.74) is 6.26. The molecule has 0 aliphatic carbocycles. The molecular formula is C9H13N3O2S3. The van der Waals surface area contributed by atoms with E-state index < -0.39 is 9.84 Å². The van der Waals surface area contributed by atoms with Crippen LogP contribution in [-0.4, -0.2) is 33.2 Å². The van der Waals surface area contributed by atoms with Crippen LogP contribution in [0, 0.1) is 11.3 Å². The van der Waals surface area contributed by atoms with E-state index in [1.807, 2.05) is 12.3 Å². The maximum atomic E-state index is 11.0. The summed E-state index contributed by atoms with van der Waals surface area (Å²) in [6.07, 6.45) is 3.05. The van der Waals surface area contributed by atoms with Crippen molar-refractivity contribution >= 4 is 43.6 Å². The molecule has 1 aromatic rings. The Kier molecular flexibility index (Phi) is 4.68. The van der Waals surface area contributed by atoms with Gasteiger partial charge >= 0.3 is 0 Å². The molecule has 0 fully saturated rings. The van der Waals surface area contributed by atoms with Gasteiger partial charge in [0.25, 0.3) is 0 Å². The van der Waals surface area contributed by atoms with Gasteiger partial charge in [-0.2, -0.15) is 5.26 Å². The van der Waals surface area contributed by atoms with Crippen LogP contribution in [0.1, 0.15) is 4.88 Å². The average molecular weight is 291 g/mol. The van der Waals surface area contributed by atoms with E-state index in [1.54, 1.807) is 0 Å². The van der Waals surface area contributed by atoms with Crippen LogP contribution >= 0.6 is 23.1 Å².